The van der Waals surface area contributed by atoms with Crippen molar-refractivity contribution in [3.05, 3.63) is 90.3 Å². The molecule has 2 aromatic heterocycles. The third-order valence-electron chi connectivity index (χ3n) is 5.09. The minimum absolute atomic E-state index is 0. The number of benzene rings is 3. The Morgan fingerprint density at radius 2 is 1.74 bits per heavy atom. The van der Waals surface area contributed by atoms with Gasteiger partial charge in [-0.3, -0.25) is 4.79 Å². The third-order valence-corrected chi connectivity index (χ3v) is 5.09. The minimum Gasteiger partial charge on any atom is -0.508 e. The molecule has 0 radical (unpaired) electrons. The topological polar surface area (TPSA) is 108 Å². The molecule has 3 N–H and O–H groups in total. The van der Waals surface area contributed by atoms with Crippen molar-refractivity contribution in [3.8, 4) is 11.5 Å². The van der Waals surface area contributed by atoms with E-state index in [4.69, 9.17) is 4.52 Å². The zero-order chi connectivity index (χ0) is 24.3. The molecule has 8 heteroatoms. The van der Waals surface area contributed by atoms with Gasteiger partial charge in [0, 0.05) is 28.5 Å². The number of amides is 1. The SMILES string of the molecule is CC(C)(C)c1c[c-]no1.O=C(Nc1cc[c-]cc1)c1cccc2nc3cc(O)cc(O)c3cc12.[K+]. The van der Waals surface area contributed by atoms with Crippen molar-refractivity contribution in [3.63, 3.8) is 0 Å². The fourth-order valence-electron chi connectivity index (χ4n) is 3.33. The molecule has 7 nitrogen and oxygen atoms in total. The molecule has 0 aliphatic rings. The van der Waals surface area contributed by atoms with Gasteiger partial charge >= 0.3 is 51.4 Å². The van der Waals surface area contributed by atoms with E-state index in [1.54, 1.807) is 54.6 Å². The summed E-state index contributed by atoms with van der Waals surface area (Å²) < 4.78 is 4.89. The first kappa shape index (κ1) is 26.8. The Morgan fingerprint density at radius 1 is 1.00 bits per heavy atom. The molecule has 0 fully saturated rings. The molecule has 0 unspecified atom stereocenters. The second kappa shape index (κ2) is 11.3. The number of pyridine rings is 1. The van der Waals surface area contributed by atoms with E-state index in [0.29, 0.717) is 33.1 Å². The van der Waals surface area contributed by atoms with Crippen molar-refractivity contribution in [2.24, 2.45) is 0 Å². The maximum absolute atomic E-state index is 12.7. The zero-order valence-corrected chi connectivity index (χ0v) is 23.1. The summed E-state index contributed by atoms with van der Waals surface area (Å²) in [7, 11) is 0. The second-order valence-corrected chi connectivity index (χ2v) is 8.71. The molecule has 0 saturated carbocycles. The first-order chi connectivity index (χ1) is 16.2. The van der Waals surface area contributed by atoms with E-state index >= 15 is 0 Å². The largest absolute Gasteiger partial charge is 1.00 e. The third kappa shape index (κ3) is 6.48. The van der Waals surface area contributed by atoms with Crippen LogP contribution in [0.2, 0.25) is 0 Å². The van der Waals surface area contributed by atoms with E-state index in [1.807, 2.05) is 0 Å². The summed E-state index contributed by atoms with van der Waals surface area (Å²) in [5, 5.41) is 27.1. The minimum atomic E-state index is -0.267. The molecule has 172 valence electrons. The van der Waals surface area contributed by atoms with Gasteiger partial charge in [-0.05, 0) is 29.4 Å². The summed E-state index contributed by atoms with van der Waals surface area (Å²) in [5.41, 5.74) is 2.25. The van der Waals surface area contributed by atoms with Crippen molar-refractivity contribution >= 4 is 33.4 Å². The van der Waals surface area contributed by atoms with Gasteiger partial charge in [0.2, 0.25) is 0 Å². The van der Waals surface area contributed by atoms with Gasteiger partial charge in [0.1, 0.15) is 11.5 Å². The number of aromatic nitrogens is 2. The Balaban J connectivity index is 0.000000291. The molecule has 2 heterocycles. The van der Waals surface area contributed by atoms with Crippen LogP contribution in [-0.4, -0.2) is 26.3 Å². The summed E-state index contributed by atoms with van der Waals surface area (Å²) >= 11 is 0. The Labute approximate surface area is 245 Å². The molecule has 0 saturated heterocycles. The quantitative estimate of drug-likeness (QED) is 0.199. The number of anilines is 1. The molecule has 0 atom stereocenters. The number of carbonyl (C=O) groups is 1. The van der Waals surface area contributed by atoms with E-state index < -0.39 is 0 Å². The summed E-state index contributed by atoms with van der Waals surface area (Å²) in [4.78, 5) is 17.1. The van der Waals surface area contributed by atoms with Crippen molar-refractivity contribution in [1.82, 2.24) is 10.1 Å². The van der Waals surface area contributed by atoms with Crippen LogP contribution in [0.5, 0.6) is 11.5 Å². The number of nitrogens with one attached hydrogen (secondary N) is 1. The molecule has 0 bridgehead atoms. The Kier molecular flexibility index (Phi) is 8.68. The molecule has 0 spiro atoms. The Hall–Kier alpha value is -2.75. The van der Waals surface area contributed by atoms with Crippen molar-refractivity contribution in [2.45, 2.75) is 26.2 Å². The summed E-state index contributed by atoms with van der Waals surface area (Å²) in [6.07, 6.45) is 2.62. The number of carbonyl (C=O) groups excluding carboxylic acids is 1. The molecule has 1 amide bonds. The van der Waals surface area contributed by atoms with Gasteiger partial charge in [-0.1, -0.05) is 32.5 Å². The monoisotopic (exact) mass is 492 g/mol. The number of hydrogen-bond donors (Lipinski definition) is 3. The Morgan fingerprint density at radius 3 is 2.37 bits per heavy atom. The number of phenols is 2. The van der Waals surface area contributed by atoms with E-state index in [2.05, 4.69) is 48.5 Å². The number of nitrogens with zero attached hydrogens (tertiary/aromatic N) is 2. The molecule has 5 aromatic rings. The van der Waals surface area contributed by atoms with Gasteiger partial charge in [-0.15, -0.1) is 18.3 Å². The van der Waals surface area contributed by atoms with Crippen molar-refractivity contribution in [2.75, 3.05) is 5.32 Å². The van der Waals surface area contributed by atoms with E-state index in [9.17, 15) is 15.0 Å². The zero-order valence-electron chi connectivity index (χ0n) is 20.0. The number of fused-ring (bicyclic) bond motifs is 2. The molecular formula is C27H23KN3O4-. The second-order valence-electron chi connectivity index (χ2n) is 8.71. The smallest absolute Gasteiger partial charge is 0.508 e. The first-order valence-electron chi connectivity index (χ1n) is 10.6. The van der Waals surface area contributed by atoms with Crippen molar-refractivity contribution < 1.29 is 70.9 Å². The van der Waals surface area contributed by atoms with Crippen LogP contribution >= 0.6 is 0 Å². The number of aromatic hydroxyl groups is 2. The van der Waals surface area contributed by atoms with E-state index in [-0.39, 0.29) is 74.2 Å². The predicted molar refractivity (Wildman–Crippen MR) is 130 cm³/mol. The van der Waals surface area contributed by atoms with Crippen LogP contribution in [0.1, 0.15) is 36.9 Å². The molecule has 0 aliphatic carbocycles. The molecule has 35 heavy (non-hydrogen) atoms. The maximum atomic E-state index is 12.7. The Bertz CT molecular complexity index is 1450. The summed E-state index contributed by atoms with van der Waals surface area (Å²) in [5.74, 6) is 0.462. The first-order valence-corrected chi connectivity index (χ1v) is 10.6. The van der Waals surface area contributed by atoms with Crippen LogP contribution in [0, 0.1) is 12.3 Å². The van der Waals surface area contributed by atoms with Crippen LogP contribution in [0.15, 0.2) is 71.3 Å². The predicted octanol–water partition coefficient (Wildman–Crippen LogP) is 2.63. The fraction of sp³-hybridized carbons (Fsp3) is 0.148. The molecule has 0 aliphatic heterocycles. The van der Waals surface area contributed by atoms with Gasteiger partial charge in [0.25, 0.3) is 5.91 Å². The van der Waals surface area contributed by atoms with E-state index in [1.165, 1.54) is 12.1 Å². The van der Waals surface area contributed by atoms with Crippen LogP contribution in [0.3, 0.4) is 0 Å². The number of hydrogen-bond acceptors (Lipinski definition) is 6. The van der Waals surface area contributed by atoms with Gasteiger partial charge in [0.05, 0.1) is 11.0 Å². The standard InChI is InChI=1S/C20H13N2O3.C7H10NO.K/c23-13-9-18-16(19(24)10-13)11-15-14(7-4-8-17(15)22-18)20(25)21-12-5-2-1-3-6-12;1-7(2,3)6-4-5-8-9-6;/h2-11,23-24H,(H,21,25);4H,1-3H3;/q2*-1;+1. The number of rotatable bonds is 2. The molecule has 3 aromatic carbocycles. The maximum Gasteiger partial charge on any atom is 1.00 e. The van der Waals surface area contributed by atoms with Crippen LogP contribution in [0.25, 0.3) is 21.8 Å². The van der Waals surface area contributed by atoms with E-state index in [0.717, 1.165) is 5.76 Å². The fourth-order valence-corrected chi connectivity index (χ4v) is 3.33. The molecule has 5 rings (SSSR count). The van der Waals surface area contributed by atoms with Crippen LogP contribution in [-0.2, 0) is 5.41 Å². The summed E-state index contributed by atoms with van der Waals surface area (Å²) in [6, 6.07) is 21.3. The van der Waals surface area contributed by atoms with Gasteiger partial charge < -0.3 is 20.1 Å². The average Bonchev–Trinajstić information content (AvgIpc) is 3.34. The number of phenolic OH excluding ortho intramolecular Hbond substituents is 2. The average molecular weight is 493 g/mol. The van der Waals surface area contributed by atoms with Crippen LogP contribution in [0.4, 0.5) is 5.69 Å². The van der Waals surface area contributed by atoms with Gasteiger partial charge in [0.15, 0.2) is 0 Å². The summed E-state index contributed by atoms with van der Waals surface area (Å²) in [6.45, 7) is 6.21. The van der Waals surface area contributed by atoms with Crippen LogP contribution < -0.4 is 56.7 Å². The molecular weight excluding hydrogens is 469 g/mol. The normalized spacial score (nSPS) is 10.8. The van der Waals surface area contributed by atoms with Gasteiger partial charge in [-0.2, -0.15) is 24.3 Å². The van der Waals surface area contributed by atoms with Gasteiger partial charge in [-0.25, -0.2) is 10.1 Å². The van der Waals surface area contributed by atoms with Crippen molar-refractivity contribution in [1.29, 1.82) is 0 Å².